The number of aryl methyl sites for hydroxylation is 1. The number of carbonyl (C=O) groups is 1. The molecular formula is C16H26N2O3. The molecule has 0 aliphatic heterocycles. The second kappa shape index (κ2) is 8.77. The second-order valence-corrected chi connectivity index (χ2v) is 5.54. The molecule has 0 saturated carbocycles. The van der Waals surface area contributed by atoms with E-state index in [-0.39, 0.29) is 19.1 Å². The molecule has 0 aromatic heterocycles. The number of aliphatic hydroxyl groups excluding tert-OH is 1. The summed E-state index contributed by atoms with van der Waals surface area (Å²) in [6.07, 6.45) is -0.574. The Labute approximate surface area is 127 Å². The lowest BCUT2D eigenvalue weighted by Crippen LogP contribution is -2.40. The normalized spacial score (nSPS) is 12.5. The minimum absolute atomic E-state index is 0.0303. The van der Waals surface area contributed by atoms with Crippen molar-refractivity contribution in [3.8, 4) is 0 Å². The lowest BCUT2D eigenvalue weighted by atomic mass is 10.1. The van der Waals surface area contributed by atoms with Gasteiger partial charge >= 0.3 is 0 Å². The molecule has 5 nitrogen and oxygen atoms in total. The lowest BCUT2D eigenvalue weighted by molar-refractivity contribution is -0.131. The molecule has 1 N–H and O–H groups in total. The highest BCUT2D eigenvalue weighted by molar-refractivity contribution is 5.77. The third kappa shape index (κ3) is 6.71. The quantitative estimate of drug-likeness (QED) is 0.774. The van der Waals surface area contributed by atoms with Crippen LogP contribution >= 0.6 is 0 Å². The van der Waals surface area contributed by atoms with E-state index in [1.54, 1.807) is 24.0 Å². The fourth-order valence-electron chi connectivity index (χ4n) is 2.08. The highest BCUT2D eigenvalue weighted by Gasteiger charge is 2.14. The smallest absolute Gasteiger partial charge is 0.236 e. The summed E-state index contributed by atoms with van der Waals surface area (Å²) >= 11 is 0. The van der Waals surface area contributed by atoms with E-state index in [0.717, 1.165) is 5.56 Å². The number of amides is 1. The number of hydrogen-bond donors (Lipinski definition) is 1. The van der Waals surface area contributed by atoms with Crippen molar-refractivity contribution in [2.24, 2.45) is 0 Å². The lowest BCUT2D eigenvalue weighted by Gasteiger charge is -2.23. The van der Waals surface area contributed by atoms with E-state index in [1.807, 2.05) is 38.2 Å². The third-order valence-corrected chi connectivity index (χ3v) is 3.25. The van der Waals surface area contributed by atoms with E-state index in [2.05, 4.69) is 0 Å². The number of methoxy groups -OCH3 is 1. The van der Waals surface area contributed by atoms with Crippen LogP contribution in [0.5, 0.6) is 0 Å². The van der Waals surface area contributed by atoms with E-state index in [0.29, 0.717) is 13.1 Å². The van der Waals surface area contributed by atoms with Crippen molar-refractivity contribution in [1.82, 2.24) is 9.80 Å². The SMILES string of the molecule is COCC(O)CN(C)CC(=O)N(C)Cc1ccc(C)cc1. The van der Waals surface area contributed by atoms with Crippen molar-refractivity contribution in [3.05, 3.63) is 35.4 Å². The first kappa shape index (κ1) is 17.6. The molecule has 1 aromatic carbocycles. The number of carbonyl (C=O) groups excluding carboxylic acids is 1. The maximum atomic E-state index is 12.1. The summed E-state index contributed by atoms with van der Waals surface area (Å²) in [5.41, 5.74) is 2.32. The average Bonchev–Trinajstić information content (AvgIpc) is 2.41. The molecule has 0 heterocycles. The Morgan fingerprint density at radius 1 is 1.29 bits per heavy atom. The van der Waals surface area contributed by atoms with Crippen molar-refractivity contribution >= 4 is 5.91 Å². The molecule has 0 aliphatic carbocycles. The molecule has 21 heavy (non-hydrogen) atoms. The predicted molar refractivity (Wildman–Crippen MR) is 83.0 cm³/mol. The predicted octanol–water partition coefficient (Wildman–Crippen LogP) is 0.893. The van der Waals surface area contributed by atoms with Gasteiger partial charge in [0.2, 0.25) is 5.91 Å². The van der Waals surface area contributed by atoms with Crippen molar-refractivity contribution in [2.75, 3.05) is 40.9 Å². The number of benzene rings is 1. The van der Waals surface area contributed by atoms with Gasteiger partial charge in [-0.3, -0.25) is 9.69 Å². The molecule has 1 rings (SSSR count). The van der Waals surface area contributed by atoms with Gasteiger partial charge in [0.05, 0.1) is 19.3 Å². The minimum atomic E-state index is -0.574. The molecule has 0 bridgehead atoms. The van der Waals surface area contributed by atoms with Crippen LogP contribution in [0, 0.1) is 6.92 Å². The van der Waals surface area contributed by atoms with Gasteiger partial charge in [-0.15, -0.1) is 0 Å². The number of aliphatic hydroxyl groups is 1. The summed E-state index contributed by atoms with van der Waals surface area (Å²) in [6.45, 7) is 3.60. The molecule has 0 fully saturated rings. The van der Waals surface area contributed by atoms with E-state index in [1.165, 1.54) is 5.56 Å². The zero-order valence-electron chi connectivity index (χ0n) is 13.4. The molecule has 1 unspecified atom stereocenters. The van der Waals surface area contributed by atoms with Crippen LogP contribution in [-0.2, 0) is 16.1 Å². The summed E-state index contributed by atoms with van der Waals surface area (Å²) in [5.74, 6) is 0.0303. The van der Waals surface area contributed by atoms with Gasteiger partial charge < -0.3 is 14.7 Å². The molecule has 118 valence electrons. The summed E-state index contributed by atoms with van der Waals surface area (Å²) < 4.78 is 4.87. The molecule has 1 amide bonds. The number of likely N-dealkylation sites (N-methyl/N-ethyl adjacent to an activating group) is 2. The molecule has 5 heteroatoms. The number of hydrogen-bond acceptors (Lipinski definition) is 4. The minimum Gasteiger partial charge on any atom is -0.389 e. The average molecular weight is 294 g/mol. The monoisotopic (exact) mass is 294 g/mol. The maximum Gasteiger partial charge on any atom is 0.236 e. The topological polar surface area (TPSA) is 53.0 Å². The van der Waals surface area contributed by atoms with Gasteiger partial charge in [-0.2, -0.15) is 0 Å². The molecule has 0 spiro atoms. The van der Waals surface area contributed by atoms with Gasteiger partial charge in [0.15, 0.2) is 0 Å². The Bertz CT molecular complexity index is 434. The maximum absolute atomic E-state index is 12.1. The van der Waals surface area contributed by atoms with Crippen molar-refractivity contribution in [2.45, 2.75) is 19.6 Å². The standard InChI is InChI=1S/C16H26N2O3/c1-13-5-7-14(8-6-13)9-18(3)16(20)11-17(2)10-15(19)12-21-4/h5-8,15,19H,9-12H2,1-4H3. The number of ether oxygens (including phenoxy) is 1. The first-order chi connectivity index (χ1) is 9.92. The van der Waals surface area contributed by atoms with E-state index < -0.39 is 6.10 Å². The van der Waals surface area contributed by atoms with Crippen LogP contribution in [0.25, 0.3) is 0 Å². The van der Waals surface area contributed by atoms with Crippen LogP contribution in [-0.4, -0.2) is 67.8 Å². The van der Waals surface area contributed by atoms with Gasteiger partial charge in [-0.05, 0) is 19.5 Å². The van der Waals surface area contributed by atoms with E-state index in [4.69, 9.17) is 4.74 Å². The second-order valence-electron chi connectivity index (χ2n) is 5.54. The van der Waals surface area contributed by atoms with Crippen LogP contribution in [0.15, 0.2) is 24.3 Å². The van der Waals surface area contributed by atoms with Crippen molar-refractivity contribution < 1.29 is 14.6 Å². The Morgan fingerprint density at radius 3 is 2.48 bits per heavy atom. The first-order valence-corrected chi connectivity index (χ1v) is 7.07. The number of rotatable bonds is 8. The van der Waals surface area contributed by atoms with Gasteiger partial charge in [0.1, 0.15) is 0 Å². The van der Waals surface area contributed by atoms with Crippen LogP contribution in [0.1, 0.15) is 11.1 Å². The van der Waals surface area contributed by atoms with Crippen molar-refractivity contribution in [3.63, 3.8) is 0 Å². The Kier molecular flexibility index (Phi) is 7.36. The van der Waals surface area contributed by atoms with E-state index >= 15 is 0 Å². The van der Waals surface area contributed by atoms with Crippen LogP contribution in [0.3, 0.4) is 0 Å². The molecule has 1 atom stereocenters. The Hall–Kier alpha value is -1.43. The molecule has 0 saturated heterocycles. The molecule has 0 aliphatic rings. The zero-order chi connectivity index (χ0) is 15.8. The third-order valence-electron chi connectivity index (χ3n) is 3.25. The Balaban J connectivity index is 2.41. The Morgan fingerprint density at radius 2 is 1.90 bits per heavy atom. The van der Waals surface area contributed by atoms with E-state index in [9.17, 15) is 9.90 Å². The van der Waals surface area contributed by atoms with Crippen LogP contribution in [0.2, 0.25) is 0 Å². The first-order valence-electron chi connectivity index (χ1n) is 7.07. The highest BCUT2D eigenvalue weighted by atomic mass is 16.5. The van der Waals surface area contributed by atoms with Crippen LogP contribution < -0.4 is 0 Å². The molecular weight excluding hydrogens is 268 g/mol. The summed E-state index contributed by atoms with van der Waals surface area (Å²) in [6, 6.07) is 8.15. The van der Waals surface area contributed by atoms with Crippen molar-refractivity contribution in [1.29, 1.82) is 0 Å². The molecule has 1 aromatic rings. The number of nitrogens with zero attached hydrogens (tertiary/aromatic N) is 2. The summed E-state index contributed by atoms with van der Waals surface area (Å²) in [5, 5.41) is 9.64. The van der Waals surface area contributed by atoms with Gasteiger partial charge in [0.25, 0.3) is 0 Å². The van der Waals surface area contributed by atoms with Crippen LogP contribution in [0.4, 0.5) is 0 Å². The zero-order valence-corrected chi connectivity index (χ0v) is 13.4. The largest absolute Gasteiger partial charge is 0.389 e. The van der Waals surface area contributed by atoms with Gasteiger partial charge in [0, 0.05) is 27.2 Å². The summed E-state index contributed by atoms with van der Waals surface area (Å²) in [7, 11) is 5.15. The molecule has 0 radical (unpaired) electrons. The highest BCUT2D eigenvalue weighted by Crippen LogP contribution is 2.06. The fraction of sp³-hybridized carbons (Fsp3) is 0.562. The fourth-order valence-corrected chi connectivity index (χ4v) is 2.08. The van der Waals surface area contributed by atoms with Gasteiger partial charge in [-0.25, -0.2) is 0 Å². The van der Waals surface area contributed by atoms with Gasteiger partial charge in [-0.1, -0.05) is 29.8 Å². The summed E-state index contributed by atoms with van der Waals surface area (Å²) in [4.78, 5) is 15.6.